The summed E-state index contributed by atoms with van der Waals surface area (Å²) in [5, 5.41) is 32.5. The van der Waals surface area contributed by atoms with E-state index < -0.39 is 23.3 Å². The largest absolute Gasteiger partial charge is 0.393 e. The lowest BCUT2D eigenvalue weighted by atomic mass is 10.1. The number of nitrogens with two attached hydrogens (primary N) is 3. The van der Waals surface area contributed by atoms with Crippen LogP contribution in [0.25, 0.3) is 67.0 Å². The number of amides is 2. The van der Waals surface area contributed by atoms with Crippen LogP contribution >= 0.6 is 0 Å². The molecule has 0 aliphatic carbocycles. The van der Waals surface area contributed by atoms with E-state index in [1.807, 2.05) is 34.9 Å². The van der Waals surface area contributed by atoms with Crippen molar-refractivity contribution in [3.05, 3.63) is 161 Å². The highest BCUT2D eigenvalue weighted by molar-refractivity contribution is 5.92. The number of rotatable bonds is 38. The first kappa shape index (κ1) is 110. The third-order valence-corrected chi connectivity index (χ3v) is 24.0. The van der Waals surface area contributed by atoms with Crippen molar-refractivity contribution in [3.63, 3.8) is 0 Å². The van der Waals surface area contributed by atoms with Crippen LogP contribution in [0.4, 0.5) is 0 Å². The molecule has 48 nitrogen and oxygen atoms in total. The van der Waals surface area contributed by atoms with Gasteiger partial charge in [-0.05, 0) is 167 Å². The van der Waals surface area contributed by atoms with Crippen molar-refractivity contribution in [2.45, 2.75) is 247 Å². The lowest BCUT2D eigenvalue weighted by Crippen LogP contribution is -2.39. The van der Waals surface area contributed by atoms with Crippen molar-refractivity contribution >= 4 is 78.8 Å². The Morgan fingerprint density at radius 3 is 1.01 bits per heavy atom. The lowest BCUT2D eigenvalue weighted by Gasteiger charge is -2.19. The Labute approximate surface area is 782 Å². The van der Waals surface area contributed by atoms with Crippen LogP contribution in [-0.4, -0.2) is 200 Å². The zero-order valence-electron chi connectivity index (χ0n) is 82.3. The summed E-state index contributed by atoms with van der Waals surface area (Å²) in [5.41, 5.74) is 16.1. The highest BCUT2D eigenvalue weighted by Gasteiger charge is 2.25. The molecule has 12 N–H and O–H groups in total. The molecule has 0 saturated heterocycles. The fourth-order valence-corrected chi connectivity index (χ4v) is 15.3. The Balaban J connectivity index is 0.000000222. The number of H-pyrrole nitrogens is 3. The van der Waals surface area contributed by atoms with Crippen molar-refractivity contribution in [2.75, 3.05) is 35.2 Å². The molecule has 12 heterocycles. The highest BCUT2D eigenvalue weighted by Crippen LogP contribution is 2.16. The van der Waals surface area contributed by atoms with Crippen LogP contribution in [0, 0.1) is 34.5 Å². The minimum Gasteiger partial charge on any atom is -0.393 e. The first-order valence-corrected chi connectivity index (χ1v) is 45.6. The van der Waals surface area contributed by atoms with E-state index in [0.29, 0.717) is 163 Å². The summed E-state index contributed by atoms with van der Waals surface area (Å²) in [5.74, 6) is 0.695. The Kier molecular flexibility index (Phi) is 40.5. The van der Waals surface area contributed by atoms with Crippen LogP contribution in [0.2, 0.25) is 0 Å². The predicted molar refractivity (Wildman–Crippen MR) is 518 cm³/mol. The lowest BCUT2D eigenvalue weighted by molar-refractivity contribution is -0.119. The summed E-state index contributed by atoms with van der Waals surface area (Å²) < 4.78 is 20.3. The van der Waals surface area contributed by atoms with E-state index in [2.05, 4.69) is 105 Å². The van der Waals surface area contributed by atoms with E-state index in [1.165, 1.54) is 82.2 Å². The molecule has 0 aliphatic rings. The van der Waals surface area contributed by atoms with Gasteiger partial charge in [-0.25, -0.2) is 58.7 Å². The first-order valence-electron chi connectivity index (χ1n) is 45.6. The summed E-state index contributed by atoms with van der Waals surface area (Å²) in [6.07, 6.45) is 17.0. The number of aliphatic hydroxyl groups excluding tert-OH is 1. The molecule has 0 radical (unpaired) electrons. The zero-order chi connectivity index (χ0) is 101. The van der Waals surface area contributed by atoms with E-state index in [-0.39, 0.29) is 117 Å². The van der Waals surface area contributed by atoms with Gasteiger partial charge in [-0.15, -0.1) is 0 Å². The number of unbranched alkanes of at least 4 members (excludes halogenated alkanes) is 6. The molecule has 744 valence electrons. The quantitative estimate of drug-likeness (QED) is 0.0237. The Morgan fingerprint density at radius 2 is 0.706 bits per heavy atom. The van der Waals surface area contributed by atoms with Gasteiger partial charge >= 0.3 is 34.1 Å². The van der Waals surface area contributed by atoms with E-state index in [1.54, 1.807) is 78.8 Å². The average Bonchev–Trinajstić information content (AvgIpc) is 1.60. The molecule has 12 aromatic heterocycles. The molecule has 48 heteroatoms. The number of primary amides is 1. The molecule has 0 fully saturated rings. The van der Waals surface area contributed by atoms with Gasteiger partial charge < -0.3 is 71.4 Å². The average molecular weight is 1900 g/mol. The predicted octanol–water partition coefficient (Wildman–Crippen LogP) is 0.453. The van der Waals surface area contributed by atoms with Gasteiger partial charge in [-0.2, -0.15) is 10.5 Å². The molecule has 0 spiro atoms. The van der Waals surface area contributed by atoms with E-state index in [9.17, 15) is 72.2 Å². The molecule has 136 heavy (non-hydrogen) atoms. The Hall–Kier alpha value is -13.4. The van der Waals surface area contributed by atoms with Gasteiger partial charge in [0.1, 0.15) is 34.0 Å². The fraction of sp³-hybridized carbons (Fsp3) is 0.614. The molecule has 0 bridgehead atoms. The number of fused-ring (bicyclic) bond motifs is 6. The van der Waals surface area contributed by atoms with Crippen molar-refractivity contribution in [1.82, 2.24) is 134 Å². The number of imidazole rings is 6. The molecule has 0 unspecified atom stereocenters. The number of aromatic nitrogens is 24. The topological polar surface area (TPSA) is 614 Å². The molecule has 0 aromatic carbocycles. The number of carbonyl (C=O) groups excluding carboxylic acids is 2. The number of carbonyl (C=O) groups is 2. The van der Waals surface area contributed by atoms with Gasteiger partial charge in [0.25, 0.3) is 39.3 Å². The first-order chi connectivity index (χ1) is 64.3. The normalized spacial score (nSPS) is 12.7. The van der Waals surface area contributed by atoms with Gasteiger partial charge in [0.05, 0.1) is 50.5 Å². The monoisotopic (exact) mass is 1900 g/mol. The number of aryl methyl sites for hydroxylation is 9. The highest BCUT2D eigenvalue weighted by atomic mass is 16.3. The molecule has 0 aliphatic heterocycles. The number of nitriles is 2. The second-order valence-corrected chi connectivity index (χ2v) is 35.1. The van der Waals surface area contributed by atoms with E-state index in [4.69, 9.17) is 27.7 Å². The maximum atomic E-state index is 12.6. The minimum absolute atomic E-state index is 0.00579. The zero-order valence-corrected chi connectivity index (χ0v) is 82.3. The van der Waals surface area contributed by atoms with E-state index >= 15 is 0 Å². The number of nitrogens with one attached hydrogen (secondary N) is 5. The molecule has 12 aromatic rings. The summed E-state index contributed by atoms with van der Waals surface area (Å²) >= 11 is 0. The standard InChI is InChI=1S/C15H26N6O2.C15H22N6O2.C15H23N5O3.C15H25N5O2.C14H20N6O2.C14H21N5O4/c1-10(19(2)3)7-5-6-8-21-14(22)12-13(20(4)15(21)23)18-11(9-16)17-12;1-10(8-16)6-4-5-7-21-14(22)12-13(20(3)15(21)23)19-11(18-12)9-17-2;1-10(17-11(2)21)7-5-6-8-20-14(22)12-13(16-9-18(12)3)19(4)15(20)23;1-11(17(2)3)8-6-7-9-20-14(21)12-13(16-10-18(12)4)19(5)15(20)22;1-9(7-15)5-3-4-6-20-13(21)11-12(19(2)14(20)22)18-10(8-16)17-11;1-8(20)6-4-5-7-19-13(22)9-11(18(3)14(19)23)16-12(10(15)21)17(9)2/h10H,5-9,16H2,1-4H3,(H,17,18);10,17H,4-7,9H2,1-3H3,(H,18,19);9-10H,5-8H2,1-4H3,(H,17,21);10-11H,6-9H2,1-5H3;9H,3-6,8,16H2,1-2H3,(H,17,18);8,20H,4-7H2,1-3H3,(H2,15,21)/t3*10-;11-;9-;8-/m011111/s1. The van der Waals surface area contributed by atoms with Crippen LogP contribution in [0.5, 0.6) is 0 Å². The second-order valence-electron chi connectivity index (χ2n) is 35.1. The van der Waals surface area contributed by atoms with E-state index in [0.717, 1.165) is 81.6 Å². The molecule has 12 rings (SSSR count). The van der Waals surface area contributed by atoms with Gasteiger partial charge in [-0.3, -0.25) is 93.2 Å². The van der Waals surface area contributed by atoms with Gasteiger partial charge in [0.2, 0.25) is 11.7 Å². The number of aromatic amines is 3. The fourth-order valence-electron chi connectivity index (χ4n) is 15.3. The summed E-state index contributed by atoms with van der Waals surface area (Å²) in [4.78, 5) is 209. The van der Waals surface area contributed by atoms with Crippen LogP contribution in [0.15, 0.2) is 70.2 Å². The van der Waals surface area contributed by atoms with Crippen molar-refractivity contribution in [2.24, 2.45) is 92.5 Å². The molecule has 6 atom stereocenters. The SMILES string of the molecule is CC(=O)N[C@H](C)CCCCn1c(=O)c2c(ncn2C)n(C)c1=O.CNCc1nc2c([nH]1)c(=O)n(CCCC[C@@H](C)C#N)c(=O)n2C.C[C@@H](C#N)CCCCn1c(=O)c2[nH]c(CN)nc2n(C)c1=O.C[C@@H](CCCCn1c(=O)c2[nH]c(CN)nc2n(C)c1=O)N(C)C.C[C@@H](O)CCCCn1c(=O)c2c(nc(C(N)=O)n2C)n(C)c1=O.C[C@H](CCCCn1c(=O)c2c(ncn2C)n(C)c1=O)N(C)C. The molecular weight excluding hydrogens is 1760 g/mol. The number of aliphatic hydroxyl groups is 1. The number of hydrogen-bond donors (Lipinski definition) is 9. The maximum absolute atomic E-state index is 12.6. The van der Waals surface area contributed by atoms with Crippen molar-refractivity contribution < 1.29 is 14.7 Å². The van der Waals surface area contributed by atoms with Gasteiger partial charge in [0, 0.05) is 140 Å². The number of hydrogen-bond acceptors (Lipinski definition) is 28. The van der Waals surface area contributed by atoms with Crippen LogP contribution in [0.1, 0.15) is 192 Å². The minimum atomic E-state index is -0.765. The van der Waals surface area contributed by atoms with Gasteiger partial charge in [-0.1, -0.05) is 25.7 Å². The van der Waals surface area contributed by atoms with Crippen molar-refractivity contribution in [1.29, 1.82) is 10.5 Å². The third-order valence-electron chi connectivity index (χ3n) is 24.0. The van der Waals surface area contributed by atoms with Crippen LogP contribution < -0.4 is 95.3 Å². The summed E-state index contributed by atoms with van der Waals surface area (Å²) in [6.45, 7) is 16.2. The van der Waals surface area contributed by atoms with Crippen molar-refractivity contribution in [3.8, 4) is 12.1 Å². The Morgan fingerprint density at radius 1 is 0.412 bits per heavy atom. The summed E-state index contributed by atoms with van der Waals surface area (Å²) in [7, 11) is 24.6. The summed E-state index contributed by atoms with van der Waals surface area (Å²) in [6, 6.07) is 5.42. The smallest absolute Gasteiger partial charge is 0.332 e. The van der Waals surface area contributed by atoms with Gasteiger partial charge in [0.15, 0.2) is 50.4 Å². The third kappa shape index (κ3) is 26.8. The molecule has 0 saturated carbocycles. The molecular formula is C88H137N33O15. The number of nitrogens with zero attached hydrogens (tertiary/aromatic N) is 25. The Bertz CT molecular complexity index is 7060. The second kappa shape index (κ2) is 50.2. The maximum Gasteiger partial charge on any atom is 0.332 e. The van der Waals surface area contributed by atoms with Crippen LogP contribution in [0.3, 0.4) is 0 Å². The van der Waals surface area contributed by atoms with Crippen LogP contribution in [-0.2, 0) is 127 Å². The molecule has 2 amide bonds.